The number of hydrogen-bond donors (Lipinski definition) is 0. The van der Waals surface area contributed by atoms with Gasteiger partial charge >= 0.3 is 0 Å². The Hall–Kier alpha value is -3.05. The summed E-state index contributed by atoms with van der Waals surface area (Å²) in [5, 5.41) is 5.61. The summed E-state index contributed by atoms with van der Waals surface area (Å²) < 4.78 is 19.9. The molecule has 2 heterocycles. The van der Waals surface area contributed by atoms with Crippen molar-refractivity contribution in [3.8, 4) is 17.1 Å². The lowest BCUT2D eigenvalue weighted by molar-refractivity contribution is 0.185. The van der Waals surface area contributed by atoms with E-state index in [2.05, 4.69) is 11.2 Å². The van der Waals surface area contributed by atoms with Gasteiger partial charge < -0.3 is 4.74 Å². The third-order valence-electron chi connectivity index (χ3n) is 4.01. The first-order chi connectivity index (χ1) is 12.2. The third-order valence-corrected chi connectivity index (χ3v) is 4.01. The van der Waals surface area contributed by atoms with Crippen molar-refractivity contribution in [3.63, 3.8) is 0 Å². The largest absolute Gasteiger partial charge is 0.380 e. The lowest BCUT2D eigenvalue weighted by atomic mass is 10.1. The minimum Gasteiger partial charge on any atom is -0.380 e. The average Bonchev–Trinajstić information content (AvgIpc) is 3.12. The monoisotopic (exact) mass is 333 g/mol. The van der Waals surface area contributed by atoms with Crippen LogP contribution < -0.4 is 0 Å². The lowest BCUT2D eigenvalue weighted by Gasteiger charge is -2.04. The quantitative estimate of drug-likeness (QED) is 0.557. The Morgan fingerprint density at radius 1 is 0.960 bits per heavy atom. The van der Waals surface area contributed by atoms with Gasteiger partial charge in [0.25, 0.3) is 0 Å². The van der Waals surface area contributed by atoms with Crippen LogP contribution in [0.2, 0.25) is 0 Å². The molecule has 4 aromatic rings. The SMILES string of the molecule is COCc1ccc2nc(-c3ccn(-c4ccc(F)cc4)n3)ccc2c1. The molecule has 0 N–H and O–H groups in total. The summed E-state index contributed by atoms with van der Waals surface area (Å²) in [7, 11) is 1.68. The number of aromatic nitrogens is 3. The van der Waals surface area contributed by atoms with Crippen LogP contribution in [0.4, 0.5) is 4.39 Å². The van der Waals surface area contributed by atoms with E-state index in [0.717, 1.165) is 33.5 Å². The maximum atomic E-state index is 13.1. The van der Waals surface area contributed by atoms with E-state index in [0.29, 0.717) is 6.61 Å². The number of halogens is 1. The molecule has 0 saturated carbocycles. The predicted octanol–water partition coefficient (Wildman–Crippen LogP) is 4.37. The molecule has 0 unspecified atom stereocenters. The number of methoxy groups -OCH3 is 1. The number of nitrogens with zero attached hydrogens (tertiary/aromatic N) is 3. The first-order valence-corrected chi connectivity index (χ1v) is 7.93. The molecule has 2 aromatic carbocycles. The van der Waals surface area contributed by atoms with E-state index < -0.39 is 0 Å². The Labute approximate surface area is 144 Å². The molecule has 0 aliphatic heterocycles. The molecule has 0 radical (unpaired) electrons. The Kier molecular flexibility index (Phi) is 3.99. The molecule has 0 aliphatic carbocycles. The van der Waals surface area contributed by atoms with Gasteiger partial charge in [-0.25, -0.2) is 14.1 Å². The minimum absolute atomic E-state index is 0.264. The van der Waals surface area contributed by atoms with Crippen LogP contribution >= 0.6 is 0 Å². The molecule has 0 fully saturated rings. The van der Waals surface area contributed by atoms with Crippen LogP contribution in [0.5, 0.6) is 0 Å². The number of rotatable bonds is 4. The van der Waals surface area contributed by atoms with Gasteiger partial charge in [0.05, 0.1) is 23.5 Å². The maximum absolute atomic E-state index is 13.1. The van der Waals surface area contributed by atoms with Gasteiger partial charge in [-0.3, -0.25) is 0 Å². The Morgan fingerprint density at radius 3 is 2.60 bits per heavy atom. The Morgan fingerprint density at radius 2 is 1.80 bits per heavy atom. The second kappa shape index (κ2) is 6.45. The van der Waals surface area contributed by atoms with Crippen LogP contribution in [0.1, 0.15) is 5.56 Å². The number of ether oxygens (including phenoxy) is 1. The van der Waals surface area contributed by atoms with Crippen LogP contribution in [-0.4, -0.2) is 21.9 Å². The van der Waals surface area contributed by atoms with Crippen LogP contribution in [-0.2, 0) is 11.3 Å². The van der Waals surface area contributed by atoms with E-state index >= 15 is 0 Å². The molecule has 0 spiro atoms. The van der Waals surface area contributed by atoms with Crippen molar-refractivity contribution in [2.75, 3.05) is 7.11 Å². The van der Waals surface area contributed by atoms with Gasteiger partial charge in [-0.1, -0.05) is 12.1 Å². The van der Waals surface area contributed by atoms with Crippen molar-refractivity contribution in [2.24, 2.45) is 0 Å². The van der Waals surface area contributed by atoms with Gasteiger partial charge in [-0.05, 0) is 54.1 Å². The van der Waals surface area contributed by atoms with Gasteiger partial charge in [-0.2, -0.15) is 5.10 Å². The van der Waals surface area contributed by atoms with Crippen molar-refractivity contribution in [1.29, 1.82) is 0 Å². The van der Waals surface area contributed by atoms with Crippen LogP contribution in [0.25, 0.3) is 28.0 Å². The number of hydrogen-bond acceptors (Lipinski definition) is 3. The van der Waals surface area contributed by atoms with Gasteiger partial charge in [0.2, 0.25) is 0 Å². The van der Waals surface area contributed by atoms with Crippen molar-refractivity contribution in [3.05, 3.63) is 78.2 Å². The molecule has 0 aliphatic rings. The van der Waals surface area contributed by atoms with Crippen molar-refractivity contribution in [1.82, 2.24) is 14.8 Å². The van der Waals surface area contributed by atoms with Crippen molar-refractivity contribution < 1.29 is 9.13 Å². The molecule has 2 aromatic heterocycles. The average molecular weight is 333 g/mol. The Balaban J connectivity index is 1.67. The van der Waals surface area contributed by atoms with E-state index in [1.807, 2.05) is 36.5 Å². The van der Waals surface area contributed by atoms with E-state index in [-0.39, 0.29) is 5.82 Å². The zero-order valence-corrected chi connectivity index (χ0v) is 13.7. The number of benzene rings is 2. The summed E-state index contributed by atoms with van der Waals surface area (Å²) in [6, 6.07) is 18.2. The predicted molar refractivity (Wildman–Crippen MR) is 95.0 cm³/mol. The molecule has 0 atom stereocenters. The standard InChI is InChI=1S/C20H16FN3O/c1-25-13-14-2-8-18-15(12-14)3-9-19(22-18)20-10-11-24(23-20)17-6-4-16(21)5-7-17/h2-12H,13H2,1H3. The lowest BCUT2D eigenvalue weighted by Crippen LogP contribution is -1.95. The normalized spacial score (nSPS) is 11.1. The van der Waals surface area contributed by atoms with E-state index in [1.165, 1.54) is 12.1 Å². The summed E-state index contributed by atoms with van der Waals surface area (Å²) in [6.07, 6.45) is 1.84. The highest BCUT2D eigenvalue weighted by Crippen LogP contribution is 2.22. The zero-order valence-electron chi connectivity index (χ0n) is 13.7. The topological polar surface area (TPSA) is 39.9 Å². The highest BCUT2D eigenvalue weighted by atomic mass is 19.1. The fourth-order valence-electron chi connectivity index (χ4n) is 2.77. The van der Waals surface area contributed by atoms with Gasteiger partial charge in [-0.15, -0.1) is 0 Å². The minimum atomic E-state index is -0.264. The van der Waals surface area contributed by atoms with Crippen LogP contribution in [0, 0.1) is 5.82 Å². The summed E-state index contributed by atoms with van der Waals surface area (Å²) in [5.41, 5.74) is 4.40. The third kappa shape index (κ3) is 3.14. The maximum Gasteiger partial charge on any atom is 0.123 e. The molecule has 25 heavy (non-hydrogen) atoms. The van der Waals surface area contributed by atoms with Gasteiger partial charge in [0.15, 0.2) is 0 Å². The molecule has 0 bridgehead atoms. The number of fused-ring (bicyclic) bond motifs is 1. The molecule has 0 saturated heterocycles. The molecule has 5 heteroatoms. The summed E-state index contributed by atoms with van der Waals surface area (Å²) >= 11 is 0. The zero-order chi connectivity index (χ0) is 17.2. The van der Waals surface area contributed by atoms with Crippen molar-refractivity contribution in [2.45, 2.75) is 6.61 Å². The fraction of sp³-hybridized carbons (Fsp3) is 0.100. The fourth-order valence-corrected chi connectivity index (χ4v) is 2.77. The van der Waals surface area contributed by atoms with Gasteiger partial charge in [0.1, 0.15) is 11.5 Å². The second-order valence-electron chi connectivity index (χ2n) is 5.78. The second-order valence-corrected chi connectivity index (χ2v) is 5.78. The van der Waals surface area contributed by atoms with Crippen molar-refractivity contribution >= 4 is 10.9 Å². The highest BCUT2D eigenvalue weighted by molar-refractivity contribution is 5.81. The Bertz CT molecular complexity index is 1020. The van der Waals surface area contributed by atoms with Gasteiger partial charge in [0, 0.05) is 18.7 Å². The summed E-state index contributed by atoms with van der Waals surface area (Å²) in [6.45, 7) is 0.583. The van der Waals surface area contributed by atoms with E-state index in [4.69, 9.17) is 9.72 Å². The van der Waals surface area contributed by atoms with E-state index in [9.17, 15) is 4.39 Å². The molecule has 4 nitrogen and oxygen atoms in total. The number of pyridine rings is 1. The van der Waals surface area contributed by atoms with Crippen LogP contribution in [0.15, 0.2) is 66.9 Å². The molecular formula is C20H16FN3O. The molecule has 124 valence electrons. The van der Waals surface area contributed by atoms with E-state index in [1.54, 1.807) is 23.9 Å². The first-order valence-electron chi connectivity index (χ1n) is 7.93. The smallest absolute Gasteiger partial charge is 0.123 e. The molecule has 0 amide bonds. The van der Waals surface area contributed by atoms with Crippen LogP contribution in [0.3, 0.4) is 0 Å². The molecule has 4 rings (SSSR count). The summed E-state index contributed by atoms with van der Waals surface area (Å²) in [5.74, 6) is -0.264. The highest BCUT2D eigenvalue weighted by Gasteiger charge is 2.07. The first kappa shape index (κ1) is 15.5. The molecular weight excluding hydrogens is 317 g/mol. The summed E-state index contributed by atoms with van der Waals surface area (Å²) in [4.78, 5) is 4.69.